The summed E-state index contributed by atoms with van der Waals surface area (Å²) in [6.45, 7) is 9.23. The van der Waals surface area contributed by atoms with Gasteiger partial charge in [0.2, 0.25) is 0 Å². The molecule has 0 atom stereocenters. The van der Waals surface area contributed by atoms with Crippen LogP contribution in [0.15, 0.2) is 0 Å². The summed E-state index contributed by atoms with van der Waals surface area (Å²) in [6.07, 6.45) is 0. The number of ether oxygens (including phenoxy) is 1. The Bertz CT molecular complexity index is 240. The third kappa shape index (κ3) is 4.18. The molecular weight excluding hydrogens is 319 g/mol. The van der Waals surface area contributed by atoms with Crippen LogP contribution in [0.25, 0.3) is 0 Å². The quantitative estimate of drug-likeness (QED) is 0.342. The fourth-order valence-corrected chi connectivity index (χ4v) is 2.40. The molecule has 1 aliphatic rings. The summed E-state index contributed by atoms with van der Waals surface area (Å²) in [5, 5.41) is 3.44. The van der Waals surface area contributed by atoms with Crippen molar-refractivity contribution < 1.29 is 9.53 Å². The Morgan fingerprint density at radius 1 is 1.56 bits per heavy atom. The lowest BCUT2D eigenvalue weighted by molar-refractivity contribution is -0.149. The lowest BCUT2D eigenvalue weighted by atomic mass is 9.80. The van der Waals surface area contributed by atoms with E-state index in [1.165, 1.54) is 6.92 Å². The molecule has 0 aromatic carbocycles. The van der Waals surface area contributed by atoms with Gasteiger partial charge >= 0.3 is 5.97 Å². The molecule has 1 aliphatic heterocycles. The van der Waals surface area contributed by atoms with E-state index in [4.69, 9.17) is 4.74 Å². The maximum Gasteiger partial charge on any atom is 0.302 e. The largest absolute Gasteiger partial charge is 0.465 e. The summed E-state index contributed by atoms with van der Waals surface area (Å²) in [4.78, 5) is 13.2. The van der Waals surface area contributed by atoms with E-state index in [1.54, 1.807) is 0 Å². The summed E-state index contributed by atoms with van der Waals surface area (Å²) >= 11 is 2.36. The Morgan fingerprint density at radius 2 is 2.19 bits per heavy atom. The molecule has 0 aromatic heterocycles. The molecular formula is C11H21IN2O2. The van der Waals surface area contributed by atoms with Gasteiger partial charge < -0.3 is 10.1 Å². The minimum Gasteiger partial charge on any atom is -0.465 e. The number of rotatable bonds is 6. The molecule has 0 aliphatic carbocycles. The van der Waals surface area contributed by atoms with E-state index in [-0.39, 0.29) is 11.4 Å². The molecule has 1 fully saturated rings. The first-order chi connectivity index (χ1) is 7.47. The van der Waals surface area contributed by atoms with Gasteiger partial charge in [0.25, 0.3) is 0 Å². The molecule has 0 spiro atoms. The zero-order valence-electron chi connectivity index (χ0n) is 10.3. The van der Waals surface area contributed by atoms with Crippen molar-refractivity contribution in [1.82, 2.24) is 10.2 Å². The summed E-state index contributed by atoms with van der Waals surface area (Å²) in [7, 11) is 0. The van der Waals surface area contributed by atoms with Crippen molar-refractivity contribution in [3.8, 4) is 0 Å². The first kappa shape index (κ1) is 14.2. The number of likely N-dealkylation sites (tertiary alicyclic amines) is 1. The lowest BCUT2D eigenvalue weighted by Crippen LogP contribution is -2.62. The number of carbonyl (C=O) groups excluding carboxylic acids is 1. The number of nitrogens with zero attached hydrogens (tertiary/aromatic N) is 1. The minimum absolute atomic E-state index is 0.126. The zero-order chi connectivity index (χ0) is 12.2. The van der Waals surface area contributed by atoms with Crippen LogP contribution >= 0.6 is 22.6 Å². The smallest absolute Gasteiger partial charge is 0.302 e. The fourth-order valence-electron chi connectivity index (χ4n) is 1.92. The third-order valence-electron chi connectivity index (χ3n) is 2.75. The number of halogens is 1. The van der Waals surface area contributed by atoms with Crippen LogP contribution in [-0.2, 0) is 9.53 Å². The molecule has 16 heavy (non-hydrogen) atoms. The van der Waals surface area contributed by atoms with Gasteiger partial charge in [-0.05, 0) is 0 Å². The summed E-state index contributed by atoms with van der Waals surface area (Å²) in [5.74, 6) is -0.183. The molecule has 0 unspecified atom stereocenters. The number of carbonyl (C=O) groups is 1. The molecule has 0 amide bonds. The van der Waals surface area contributed by atoms with E-state index < -0.39 is 0 Å². The minimum atomic E-state index is -0.183. The second-order valence-corrected chi connectivity index (χ2v) is 5.60. The molecule has 1 heterocycles. The lowest BCUT2D eigenvalue weighted by Gasteiger charge is -2.49. The zero-order valence-corrected chi connectivity index (χ0v) is 12.4. The van der Waals surface area contributed by atoms with Crippen LogP contribution in [0.3, 0.4) is 0 Å². The fraction of sp³-hybridized carbons (Fsp3) is 0.909. The average Bonchev–Trinajstić information content (AvgIpc) is 2.15. The average molecular weight is 340 g/mol. The number of hydrogen-bond donors (Lipinski definition) is 1. The van der Waals surface area contributed by atoms with Crippen LogP contribution in [0.1, 0.15) is 20.8 Å². The standard InChI is InChI=1S/C11H21IN2O2/c1-9(2)13-4-11(7-16-10(3)15)5-14(6-11)8-12/h9,13H,4-8H2,1-3H3. The first-order valence-electron chi connectivity index (χ1n) is 5.62. The Morgan fingerprint density at radius 3 is 2.62 bits per heavy atom. The van der Waals surface area contributed by atoms with Crippen LogP contribution in [-0.4, -0.2) is 47.7 Å². The number of esters is 1. The van der Waals surface area contributed by atoms with Crippen molar-refractivity contribution in [3.05, 3.63) is 0 Å². The van der Waals surface area contributed by atoms with E-state index in [0.29, 0.717) is 12.6 Å². The van der Waals surface area contributed by atoms with Crippen molar-refractivity contribution in [1.29, 1.82) is 0 Å². The second-order valence-electron chi connectivity index (χ2n) is 4.92. The number of hydrogen-bond acceptors (Lipinski definition) is 4. The topological polar surface area (TPSA) is 41.6 Å². The van der Waals surface area contributed by atoms with Crippen molar-refractivity contribution >= 4 is 28.6 Å². The van der Waals surface area contributed by atoms with Gasteiger partial charge in [-0.15, -0.1) is 0 Å². The first-order valence-corrected chi connectivity index (χ1v) is 7.15. The van der Waals surface area contributed by atoms with Gasteiger partial charge in [-0.25, -0.2) is 0 Å². The van der Waals surface area contributed by atoms with Crippen molar-refractivity contribution in [3.63, 3.8) is 0 Å². The summed E-state index contributed by atoms with van der Waals surface area (Å²) in [6, 6.07) is 0.475. The monoisotopic (exact) mass is 340 g/mol. The van der Waals surface area contributed by atoms with Crippen molar-refractivity contribution in [2.75, 3.05) is 30.8 Å². The van der Waals surface area contributed by atoms with Gasteiger partial charge in [0.15, 0.2) is 0 Å². The maximum absolute atomic E-state index is 10.9. The van der Waals surface area contributed by atoms with Crippen LogP contribution < -0.4 is 5.32 Å². The molecule has 1 saturated heterocycles. The van der Waals surface area contributed by atoms with E-state index in [9.17, 15) is 4.79 Å². The number of alkyl halides is 1. The van der Waals surface area contributed by atoms with Gasteiger partial charge in [0.05, 0.1) is 4.55 Å². The molecule has 4 nitrogen and oxygen atoms in total. The van der Waals surface area contributed by atoms with Crippen LogP contribution in [0.5, 0.6) is 0 Å². The molecule has 0 saturated carbocycles. The molecule has 0 aromatic rings. The molecule has 0 bridgehead atoms. The van der Waals surface area contributed by atoms with Gasteiger partial charge in [0.1, 0.15) is 6.61 Å². The van der Waals surface area contributed by atoms with Crippen LogP contribution in [0, 0.1) is 5.41 Å². The molecule has 1 rings (SSSR count). The Hall–Kier alpha value is 0.120. The normalized spacial score (nSPS) is 19.6. The van der Waals surface area contributed by atoms with Gasteiger partial charge in [-0.1, -0.05) is 36.4 Å². The van der Waals surface area contributed by atoms with Gasteiger partial charge in [-0.2, -0.15) is 0 Å². The summed E-state index contributed by atoms with van der Waals surface area (Å²) < 4.78 is 6.21. The highest BCUT2D eigenvalue weighted by atomic mass is 127. The highest BCUT2D eigenvalue weighted by molar-refractivity contribution is 14.1. The van der Waals surface area contributed by atoms with Crippen molar-refractivity contribution in [2.24, 2.45) is 5.41 Å². The van der Waals surface area contributed by atoms with Crippen molar-refractivity contribution in [2.45, 2.75) is 26.8 Å². The Labute approximate surface area is 111 Å². The van der Waals surface area contributed by atoms with Crippen LogP contribution in [0.2, 0.25) is 0 Å². The predicted octanol–water partition coefficient (Wildman–Crippen LogP) is 1.24. The SMILES string of the molecule is CC(=O)OCC1(CNC(C)C)CN(CI)C1. The Kier molecular flexibility index (Phi) is 5.46. The molecule has 5 heteroatoms. The summed E-state index contributed by atoms with van der Waals surface area (Å²) in [5.41, 5.74) is 0.126. The Balaban J connectivity index is 2.40. The van der Waals surface area contributed by atoms with Crippen LogP contribution in [0.4, 0.5) is 0 Å². The molecule has 1 N–H and O–H groups in total. The number of nitrogens with one attached hydrogen (secondary N) is 1. The van der Waals surface area contributed by atoms with E-state index in [2.05, 4.69) is 46.7 Å². The third-order valence-corrected chi connectivity index (χ3v) is 3.72. The molecule has 0 radical (unpaired) electrons. The van der Waals surface area contributed by atoms with E-state index in [0.717, 1.165) is 24.2 Å². The van der Waals surface area contributed by atoms with E-state index in [1.807, 2.05) is 0 Å². The maximum atomic E-state index is 10.9. The van der Waals surface area contributed by atoms with Gasteiger partial charge in [-0.3, -0.25) is 9.69 Å². The van der Waals surface area contributed by atoms with Gasteiger partial charge in [0, 0.05) is 38.0 Å². The highest BCUT2D eigenvalue weighted by Crippen LogP contribution is 2.30. The van der Waals surface area contributed by atoms with E-state index >= 15 is 0 Å². The second kappa shape index (κ2) is 6.16. The predicted molar refractivity (Wildman–Crippen MR) is 72.7 cm³/mol. The highest BCUT2D eigenvalue weighted by Gasteiger charge is 2.43. The molecule has 94 valence electrons.